The summed E-state index contributed by atoms with van der Waals surface area (Å²) in [5.74, 6) is 0. The van der Waals surface area contributed by atoms with Crippen molar-refractivity contribution in [2.75, 3.05) is 0 Å². The Morgan fingerprint density at radius 3 is 2.54 bits per heavy atom. The Bertz CT molecular complexity index is 354. The molecule has 0 atom stereocenters. The van der Waals surface area contributed by atoms with E-state index >= 15 is 0 Å². The van der Waals surface area contributed by atoms with Crippen molar-refractivity contribution in [3.05, 3.63) is 42.0 Å². The standard InChI is InChI=1S/C9H11O3P/c1-2-8-5-3-4-6-9(8)7-13(10,11)12/h2-6H,1,7H2,(H2,10,11,12). The molecule has 1 rings (SSSR count). The number of hydrogen-bond acceptors (Lipinski definition) is 1. The summed E-state index contributed by atoms with van der Waals surface area (Å²) in [7, 11) is -3.98. The summed E-state index contributed by atoms with van der Waals surface area (Å²) in [5.41, 5.74) is 1.40. The normalized spacial score (nSPS) is 11.2. The summed E-state index contributed by atoms with van der Waals surface area (Å²) in [4.78, 5) is 17.5. The maximum atomic E-state index is 10.7. The van der Waals surface area contributed by atoms with E-state index in [-0.39, 0.29) is 6.16 Å². The number of benzene rings is 1. The summed E-state index contributed by atoms with van der Waals surface area (Å²) < 4.78 is 10.7. The van der Waals surface area contributed by atoms with Crippen LogP contribution in [0.4, 0.5) is 0 Å². The van der Waals surface area contributed by atoms with Gasteiger partial charge in [-0.1, -0.05) is 36.9 Å². The maximum absolute atomic E-state index is 10.7. The van der Waals surface area contributed by atoms with Crippen molar-refractivity contribution in [1.82, 2.24) is 0 Å². The van der Waals surface area contributed by atoms with Gasteiger partial charge >= 0.3 is 7.60 Å². The molecule has 3 nitrogen and oxygen atoms in total. The Morgan fingerprint density at radius 2 is 2.00 bits per heavy atom. The van der Waals surface area contributed by atoms with Crippen LogP contribution in [-0.2, 0) is 10.7 Å². The predicted molar refractivity (Wildman–Crippen MR) is 52.3 cm³/mol. The topological polar surface area (TPSA) is 57.5 Å². The molecular formula is C9H11O3P. The van der Waals surface area contributed by atoms with E-state index in [0.717, 1.165) is 5.56 Å². The van der Waals surface area contributed by atoms with Crippen LogP contribution in [0.3, 0.4) is 0 Å². The molecule has 0 aromatic heterocycles. The van der Waals surface area contributed by atoms with Crippen molar-refractivity contribution < 1.29 is 14.4 Å². The monoisotopic (exact) mass is 198 g/mol. The minimum atomic E-state index is -3.98. The fourth-order valence-corrected chi connectivity index (χ4v) is 1.83. The fourth-order valence-electron chi connectivity index (χ4n) is 1.10. The highest BCUT2D eigenvalue weighted by Gasteiger charge is 2.14. The molecule has 0 radical (unpaired) electrons. The Morgan fingerprint density at radius 1 is 1.38 bits per heavy atom. The number of rotatable bonds is 3. The predicted octanol–water partition coefficient (Wildman–Crippen LogP) is 2.01. The third-order valence-electron chi connectivity index (χ3n) is 1.65. The van der Waals surface area contributed by atoms with Crippen LogP contribution in [0.1, 0.15) is 11.1 Å². The highest BCUT2D eigenvalue weighted by Crippen LogP contribution is 2.39. The summed E-state index contributed by atoms with van der Waals surface area (Å²) in [6.45, 7) is 3.57. The van der Waals surface area contributed by atoms with Crippen molar-refractivity contribution >= 4 is 13.7 Å². The summed E-state index contributed by atoms with van der Waals surface area (Å²) in [5, 5.41) is 0. The van der Waals surface area contributed by atoms with Gasteiger partial charge in [0.15, 0.2) is 0 Å². The summed E-state index contributed by atoms with van der Waals surface area (Å²) in [6, 6.07) is 7.02. The van der Waals surface area contributed by atoms with Gasteiger partial charge in [-0.15, -0.1) is 0 Å². The maximum Gasteiger partial charge on any atom is 0.329 e. The van der Waals surface area contributed by atoms with Gasteiger partial charge in [-0.05, 0) is 11.1 Å². The average Bonchev–Trinajstić information content (AvgIpc) is 2.02. The molecule has 13 heavy (non-hydrogen) atoms. The van der Waals surface area contributed by atoms with Crippen molar-refractivity contribution in [2.24, 2.45) is 0 Å². The van der Waals surface area contributed by atoms with E-state index < -0.39 is 7.60 Å². The average molecular weight is 198 g/mol. The first kappa shape index (κ1) is 10.2. The molecule has 4 heteroatoms. The summed E-state index contributed by atoms with van der Waals surface area (Å²) >= 11 is 0. The van der Waals surface area contributed by atoms with Gasteiger partial charge < -0.3 is 9.79 Å². The lowest BCUT2D eigenvalue weighted by molar-refractivity contribution is 0.371. The molecule has 1 aromatic carbocycles. The van der Waals surface area contributed by atoms with E-state index in [0.29, 0.717) is 5.56 Å². The molecule has 0 fully saturated rings. The van der Waals surface area contributed by atoms with Gasteiger partial charge in [0.25, 0.3) is 0 Å². The molecule has 0 aliphatic carbocycles. The lowest BCUT2D eigenvalue weighted by atomic mass is 10.1. The Balaban J connectivity index is 3.00. The Kier molecular flexibility index (Phi) is 3.04. The molecule has 0 amide bonds. The fraction of sp³-hybridized carbons (Fsp3) is 0.111. The highest BCUT2D eigenvalue weighted by molar-refractivity contribution is 7.50. The van der Waals surface area contributed by atoms with Crippen LogP contribution in [0.25, 0.3) is 6.08 Å². The van der Waals surface area contributed by atoms with Gasteiger partial charge in [0.2, 0.25) is 0 Å². The zero-order valence-corrected chi connectivity index (χ0v) is 7.95. The second kappa shape index (κ2) is 3.88. The van der Waals surface area contributed by atoms with Gasteiger partial charge in [-0.2, -0.15) is 0 Å². The molecule has 0 saturated heterocycles. The van der Waals surface area contributed by atoms with Crippen molar-refractivity contribution in [1.29, 1.82) is 0 Å². The van der Waals surface area contributed by atoms with Gasteiger partial charge in [-0.3, -0.25) is 4.57 Å². The van der Waals surface area contributed by atoms with E-state index in [1.54, 1.807) is 30.3 Å². The van der Waals surface area contributed by atoms with E-state index in [1.165, 1.54) is 0 Å². The van der Waals surface area contributed by atoms with Crippen LogP contribution in [0, 0.1) is 0 Å². The minimum absolute atomic E-state index is 0.227. The first-order valence-electron chi connectivity index (χ1n) is 3.78. The lowest BCUT2D eigenvalue weighted by Crippen LogP contribution is -1.89. The first-order chi connectivity index (χ1) is 6.03. The molecule has 70 valence electrons. The zero-order chi connectivity index (χ0) is 9.90. The lowest BCUT2D eigenvalue weighted by Gasteiger charge is -2.06. The van der Waals surface area contributed by atoms with Gasteiger partial charge in [-0.25, -0.2) is 0 Å². The molecule has 1 aromatic rings. The van der Waals surface area contributed by atoms with Crippen molar-refractivity contribution in [3.63, 3.8) is 0 Å². The molecule has 0 heterocycles. The van der Waals surface area contributed by atoms with E-state index in [1.807, 2.05) is 0 Å². The molecule has 0 bridgehead atoms. The van der Waals surface area contributed by atoms with Crippen molar-refractivity contribution in [3.8, 4) is 0 Å². The third-order valence-corrected chi connectivity index (χ3v) is 2.40. The van der Waals surface area contributed by atoms with Crippen LogP contribution in [0.2, 0.25) is 0 Å². The zero-order valence-electron chi connectivity index (χ0n) is 7.05. The van der Waals surface area contributed by atoms with E-state index in [4.69, 9.17) is 9.79 Å². The van der Waals surface area contributed by atoms with Crippen LogP contribution in [-0.4, -0.2) is 9.79 Å². The quantitative estimate of drug-likeness (QED) is 0.730. The van der Waals surface area contributed by atoms with Gasteiger partial charge in [0.05, 0.1) is 6.16 Å². The minimum Gasteiger partial charge on any atom is -0.324 e. The van der Waals surface area contributed by atoms with Crippen LogP contribution >= 0.6 is 7.60 Å². The smallest absolute Gasteiger partial charge is 0.324 e. The first-order valence-corrected chi connectivity index (χ1v) is 5.57. The molecular weight excluding hydrogens is 187 g/mol. The Hall–Kier alpha value is -0.890. The second-order valence-electron chi connectivity index (χ2n) is 2.73. The third kappa shape index (κ3) is 3.15. The molecule has 0 aliphatic heterocycles. The Labute approximate surface area is 76.9 Å². The largest absolute Gasteiger partial charge is 0.329 e. The molecule has 0 unspecified atom stereocenters. The van der Waals surface area contributed by atoms with Crippen LogP contribution in [0.5, 0.6) is 0 Å². The van der Waals surface area contributed by atoms with Gasteiger partial charge in [0.1, 0.15) is 0 Å². The highest BCUT2D eigenvalue weighted by atomic mass is 31.2. The molecule has 0 aliphatic rings. The van der Waals surface area contributed by atoms with Crippen LogP contribution < -0.4 is 0 Å². The molecule has 0 spiro atoms. The second-order valence-corrected chi connectivity index (χ2v) is 4.37. The van der Waals surface area contributed by atoms with Crippen LogP contribution in [0.15, 0.2) is 30.8 Å². The molecule has 2 N–H and O–H groups in total. The molecule has 0 saturated carbocycles. The summed E-state index contributed by atoms with van der Waals surface area (Å²) in [6.07, 6.45) is 1.36. The van der Waals surface area contributed by atoms with E-state index in [9.17, 15) is 4.57 Å². The SMILES string of the molecule is C=Cc1ccccc1CP(=O)(O)O. The van der Waals surface area contributed by atoms with Crippen molar-refractivity contribution in [2.45, 2.75) is 6.16 Å². The number of hydrogen-bond donors (Lipinski definition) is 2. The van der Waals surface area contributed by atoms with E-state index in [2.05, 4.69) is 6.58 Å². The van der Waals surface area contributed by atoms with Gasteiger partial charge in [0, 0.05) is 0 Å².